The maximum atomic E-state index is 13.0. The van der Waals surface area contributed by atoms with Crippen molar-refractivity contribution in [3.05, 3.63) is 76.4 Å². The number of benzene rings is 2. The highest BCUT2D eigenvalue weighted by atomic mass is 32.1. The number of hydrogen-bond donors (Lipinski definition) is 1. The normalized spacial score (nSPS) is 17.2. The van der Waals surface area contributed by atoms with Gasteiger partial charge >= 0.3 is 0 Å². The lowest BCUT2D eigenvalue weighted by Gasteiger charge is -2.26. The summed E-state index contributed by atoms with van der Waals surface area (Å²) in [5.41, 5.74) is 6.55. The fourth-order valence-electron chi connectivity index (χ4n) is 4.69. The maximum absolute atomic E-state index is 13.0. The number of aryl methyl sites for hydroxylation is 1. The molecule has 5 rings (SSSR count). The first kappa shape index (κ1) is 22.3. The lowest BCUT2D eigenvalue weighted by Crippen LogP contribution is -2.48. The van der Waals surface area contributed by atoms with E-state index in [2.05, 4.69) is 10.3 Å². The molecule has 0 aliphatic carbocycles. The van der Waals surface area contributed by atoms with Crippen LogP contribution in [0.4, 0.5) is 0 Å². The molecule has 0 saturated carbocycles. The minimum absolute atomic E-state index is 0.00422. The van der Waals surface area contributed by atoms with Crippen LogP contribution in [-0.2, 0) is 22.7 Å². The number of aromatic nitrogens is 1. The molecule has 0 bridgehead atoms. The van der Waals surface area contributed by atoms with Gasteiger partial charge in [0.25, 0.3) is 5.91 Å². The molecule has 2 aromatic carbocycles. The van der Waals surface area contributed by atoms with Crippen LogP contribution in [-0.4, -0.2) is 51.6 Å². The van der Waals surface area contributed by atoms with Crippen molar-refractivity contribution in [2.75, 3.05) is 13.1 Å². The van der Waals surface area contributed by atoms with E-state index in [1.807, 2.05) is 54.9 Å². The number of thiazole rings is 1. The van der Waals surface area contributed by atoms with E-state index >= 15 is 0 Å². The first-order valence-electron chi connectivity index (χ1n) is 11.4. The average molecular weight is 475 g/mol. The molecule has 1 atom stereocenters. The molecule has 2 aliphatic rings. The quantitative estimate of drug-likeness (QED) is 0.594. The molecule has 3 amide bonds. The Morgan fingerprint density at radius 1 is 1.15 bits per heavy atom. The third-order valence-corrected chi connectivity index (χ3v) is 7.50. The smallest absolute Gasteiger partial charge is 0.254 e. The van der Waals surface area contributed by atoms with Crippen molar-refractivity contribution >= 4 is 29.1 Å². The summed E-state index contributed by atoms with van der Waals surface area (Å²) in [6, 6.07) is 15.0. The highest BCUT2D eigenvalue weighted by Crippen LogP contribution is 2.27. The van der Waals surface area contributed by atoms with Crippen molar-refractivity contribution in [1.82, 2.24) is 20.1 Å². The lowest BCUT2D eigenvalue weighted by atomic mass is 10.1. The first-order valence-corrected chi connectivity index (χ1v) is 12.3. The zero-order chi connectivity index (χ0) is 23.7. The number of hydrogen-bond acceptors (Lipinski definition) is 5. The summed E-state index contributed by atoms with van der Waals surface area (Å²) in [7, 11) is 0. The van der Waals surface area contributed by atoms with Crippen LogP contribution in [0, 0.1) is 6.92 Å². The summed E-state index contributed by atoms with van der Waals surface area (Å²) in [6.07, 6.45) is 1.41. The summed E-state index contributed by atoms with van der Waals surface area (Å²) in [5, 5.41) is 2.98. The first-order chi connectivity index (χ1) is 16.5. The van der Waals surface area contributed by atoms with Crippen LogP contribution in [0.25, 0.3) is 10.4 Å². The number of carbonyl (C=O) groups is 3. The number of nitrogens with zero attached hydrogens (tertiary/aromatic N) is 3. The summed E-state index contributed by atoms with van der Waals surface area (Å²) in [4.78, 5) is 47.2. The van der Waals surface area contributed by atoms with Crippen LogP contribution >= 0.6 is 11.3 Å². The Balaban J connectivity index is 1.17. The largest absolute Gasteiger partial charge is 0.350 e. The van der Waals surface area contributed by atoms with E-state index in [0.717, 1.165) is 33.7 Å². The Morgan fingerprint density at radius 2 is 1.94 bits per heavy atom. The third kappa shape index (κ3) is 4.33. The molecule has 0 spiro atoms. The molecule has 2 aliphatic heterocycles. The Labute approximate surface area is 202 Å². The SMILES string of the molecule is Cc1ncsc1-c1ccc(CNC(=O)[C@@H]2CCCN2C(=O)CN2Cc3ccccc3C2=O)cc1. The standard InChI is InChI=1S/C26H26N4O3S/c1-17-24(34-16-28-17)19-10-8-18(9-11-19)13-27-25(32)22-7-4-12-30(22)23(31)15-29-14-20-5-2-3-6-21(20)26(29)33/h2-3,5-6,8-11,16,22H,4,7,12-15H2,1H3,(H,27,32)/t22-/m0/s1. The molecule has 34 heavy (non-hydrogen) atoms. The topological polar surface area (TPSA) is 82.6 Å². The van der Waals surface area contributed by atoms with E-state index in [9.17, 15) is 14.4 Å². The number of carbonyl (C=O) groups excluding carboxylic acids is 3. The Hall–Kier alpha value is -3.52. The molecule has 3 heterocycles. The summed E-state index contributed by atoms with van der Waals surface area (Å²) >= 11 is 1.61. The van der Waals surface area contributed by atoms with Crippen LogP contribution in [0.15, 0.2) is 54.0 Å². The highest BCUT2D eigenvalue weighted by Gasteiger charge is 2.36. The van der Waals surface area contributed by atoms with Gasteiger partial charge in [0.15, 0.2) is 0 Å². The predicted octanol–water partition coefficient (Wildman–Crippen LogP) is 3.38. The van der Waals surface area contributed by atoms with Gasteiger partial charge in [0.2, 0.25) is 11.8 Å². The molecule has 3 aromatic rings. The van der Waals surface area contributed by atoms with Crippen LogP contribution in [0.5, 0.6) is 0 Å². The van der Waals surface area contributed by atoms with Gasteiger partial charge in [-0.05, 0) is 42.5 Å². The second-order valence-corrected chi connectivity index (χ2v) is 9.60. The maximum Gasteiger partial charge on any atom is 0.254 e. The van der Waals surface area contributed by atoms with E-state index in [1.54, 1.807) is 27.2 Å². The zero-order valence-electron chi connectivity index (χ0n) is 19.0. The molecular weight excluding hydrogens is 448 g/mol. The number of fused-ring (bicyclic) bond motifs is 1. The number of nitrogens with one attached hydrogen (secondary N) is 1. The van der Waals surface area contributed by atoms with Gasteiger partial charge in [-0.1, -0.05) is 42.5 Å². The van der Waals surface area contributed by atoms with Crippen molar-refractivity contribution in [3.8, 4) is 10.4 Å². The summed E-state index contributed by atoms with van der Waals surface area (Å²) in [5.74, 6) is -0.450. The van der Waals surface area contributed by atoms with Crippen molar-refractivity contribution in [2.45, 2.75) is 38.9 Å². The average Bonchev–Trinajstić information content (AvgIpc) is 3.58. The summed E-state index contributed by atoms with van der Waals surface area (Å²) in [6.45, 7) is 3.36. The van der Waals surface area contributed by atoms with Gasteiger partial charge in [0.1, 0.15) is 12.6 Å². The van der Waals surface area contributed by atoms with E-state index in [1.165, 1.54) is 0 Å². The number of amides is 3. The van der Waals surface area contributed by atoms with Gasteiger partial charge in [-0.25, -0.2) is 4.98 Å². The highest BCUT2D eigenvalue weighted by molar-refractivity contribution is 7.13. The zero-order valence-corrected chi connectivity index (χ0v) is 19.8. The minimum Gasteiger partial charge on any atom is -0.350 e. The van der Waals surface area contributed by atoms with Crippen molar-refractivity contribution < 1.29 is 14.4 Å². The van der Waals surface area contributed by atoms with Crippen molar-refractivity contribution in [3.63, 3.8) is 0 Å². The van der Waals surface area contributed by atoms with Gasteiger partial charge in [-0.3, -0.25) is 14.4 Å². The van der Waals surface area contributed by atoms with E-state index in [4.69, 9.17) is 0 Å². The Morgan fingerprint density at radius 3 is 2.68 bits per heavy atom. The molecule has 7 nitrogen and oxygen atoms in total. The second kappa shape index (κ2) is 9.38. The van der Waals surface area contributed by atoms with E-state index < -0.39 is 6.04 Å². The fraction of sp³-hybridized carbons (Fsp3) is 0.308. The van der Waals surface area contributed by atoms with Crippen molar-refractivity contribution in [2.24, 2.45) is 0 Å². The molecule has 1 N–H and O–H groups in total. The molecule has 8 heteroatoms. The third-order valence-electron chi connectivity index (χ3n) is 6.53. The molecule has 0 unspecified atom stereocenters. The molecule has 174 valence electrons. The van der Waals surface area contributed by atoms with Gasteiger partial charge in [0, 0.05) is 25.2 Å². The second-order valence-electron chi connectivity index (χ2n) is 8.75. The summed E-state index contributed by atoms with van der Waals surface area (Å²) < 4.78 is 0. The molecule has 1 aromatic heterocycles. The van der Waals surface area contributed by atoms with Gasteiger partial charge < -0.3 is 15.1 Å². The molecule has 0 radical (unpaired) electrons. The predicted molar refractivity (Wildman–Crippen MR) is 130 cm³/mol. The van der Waals surface area contributed by atoms with Crippen LogP contribution in [0.1, 0.15) is 40.0 Å². The van der Waals surface area contributed by atoms with Crippen LogP contribution in [0.3, 0.4) is 0 Å². The number of likely N-dealkylation sites (tertiary alicyclic amines) is 1. The molecule has 1 fully saturated rings. The van der Waals surface area contributed by atoms with E-state index in [-0.39, 0.29) is 24.3 Å². The van der Waals surface area contributed by atoms with Gasteiger partial charge in [0.05, 0.1) is 16.1 Å². The number of rotatable bonds is 6. The fourth-order valence-corrected chi connectivity index (χ4v) is 5.51. The van der Waals surface area contributed by atoms with Crippen molar-refractivity contribution in [1.29, 1.82) is 0 Å². The lowest BCUT2D eigenvalue weighted by molar-refractivity contribution is -0.139. The Bertz CT molecular complexity index is 1240. The minimum atomic E-state index is -0.494. The van der Waals surface area contributed by atoms with Gasteiger partial charge in [-0.2, -0.15) is 0 Å². The monoisotopic (exact) mass is 474 g/mol. The van der Waals surface area contributed by atoms with Gasteiger partial charge in [-0.15, -0.1) is 11.3 Å². The van der Waals surface area contributed by atoms with Crippen LogP contribution < -0.4 is 5.32 Å². The van der Waals surface area contributed by atoms with E-state index in [0.29, 0.717) is 31.6 Å². The molecular formula is C26H26N4O3S. The van der Waals surface area contributed by atoms with Crippen LogP contribution in [0.2, 0.25) is 0 Å². The Kier molecular flexibility index (Phi) is 6.15. The molecule has 1 saturated heterocycles.